The third kappa shape index (κ3) is 3.04. The standard InChI is InChI=1S/C15H23N3O2/c1-10-9-11(7-8-18(10)2)17-14-12(15(19)20-3)5-4-6-13(14)16/h4-6,10-11,17H,7-9,16H2,1-3H3. The summed E-state index contributed by atoms with van der Waals surface area (Å²) < 4.78 is 4.82. The quantitative estimate of drug-likeness (QED) is 0.653. The van der Waals surface area contributed by atoms with Gasteiger partial charge in [0.05, 0.1) is 24.0 Å². The summed E-state index contributed by atoms with van der Waals surface area (Å²) in [5, 5.41) is 3.43. The fraction of sp³-hybridized carbons (Fsp3) is 0.533. The minimum Gasteiger partial charge on any atom is -0.465 e. The fourth-order valence-corrected chi connectivity index (χ4v) is 2.64. The zero-order chi connectivity index (χ0) is 14.7. The molecule has 2 rings (SSSR count). The Kier molecular flexibility index (Phi) is 4.49. The van der Waals surface area contributed by atoms with Crippen molar-refractivity contribution < 1.29 is 9.53 Å². The molecule has 1 aliphatic rings. The van der Waals surface area contributed by atoms with E-state index in [9.17, 15) is 4.79 Å². The van der Waals surface area contributed by atoms with Crippen molar-refractivity contribution in [3.8, 4) is 0 Å². The normalized spacial score (nSPS) is 23.4. The van der Waals surface area contributed by atoms with E-state index in [0.29, 0.717) is 29.0 Å². The maximum absolute atomic E-state index is 11.8. The van der Waals surface area contributed by atoms with Crippen LogP contribution in [0.2, 0.25) is 0 Å². The van der Waals surface area contributed by atoms with E-state index < -0.39 is 0 Å². The van der Waals surface area contributed by atoms with Crippen LogP contribution in [0, 0.1) is 0 Å². The van der Waals surface area contributed by atoms with Crippen molar-refractivity contribution in [1.82, 2.24) is 4.90 Å². The molecule has 20 heavy (non-hydrogen) atoms. The number of ether oxygens (including phenoxy) is 1. The van der Waals surface area contributed by atoms with Crippen LogP contribution in [0.5, 0.6) is 0 Å². The summed E-state index contributed by atoms with van der Waals surface area (Å²) in [6.07, 6.45) is 2.07. The molecular weight excluding hydrogens is 254 g/mol. The Morgan fingerprint density at radius 3 is 2.90 bits per heavy atom. The molecule has 0 aliphatic carbocycles. The number of nitrogens with one attached hydrogen (secondary N) is 1. The Hall–Kier alpha value is -1.75. The average Bonchev–Trinajstić information content (AvgIpc) is 2.44. The van der Waals surface area contributed by atoms with E-state index in [1.807, 2.05) is 0 Å². The molecule has 1 heterocycles. The Balaban J connectivity index is 2.18. The predicted octanol–water partition coefficient (Wildman–Crippen LogP) is 1.95. The highest BCUT2D eigenvalue weighted by Gasteiger charge is 2.24. The van der Waals surface area contributed by atoms with Gasteiger partial charge < -0.3 is 20.7 Å². The number of carbonyl (C=O) groups is 1. The van der Waals surface area contributed by atoms with Crippen LogP contribution in [0.1, 0.15) is 30.1 Å². The largest absolute Gasteiger partial charge is 0.465 e. The van der Waals surface area contributed by atoms with Gasteiger partial charge in [0.25, 0.3) is 0 Å². The molecule has 1 aromatic carbocycles. The summed E-state index contributed by atoms with van der Waals surface area (Å²) in [7, 11) is 3.52. The van der Waals surface area contributed by atoms with Crippen molar-refractivity contribution in [3.63, 3.8) is 0 Å². The van der Waals surface area contributed by atoms with E-state index in [1.165, 1.54) is 7.11 Å². The van der Waals surface area contributed by atoms with Crippen LogP contribution in [0.15, 0.2) is 18.2 Å². The van der Waals surface area contributed by atoms with Gasteiger partial charge in [-0.3, -0.25) is 0 Å². The number of esters is 1. The lowest BCUT2D eigenvalue weighted by Gasteiger charge is -2.36. The van der Waals surface area contributed by atoms with Crippen LogP contribution in [-0.4, -0.2) is 43.7 Å². The van der Waals surface area contributed by atoms with Crippen LogP contribution in [0.3, 0.4) is 0 Å². The molecule has 0 radical (unpaired) electrons. The van der Waals surface area contributed by atoms with Crippen molar-refractivity contribution in [2.24, 2.45) is 0 Å². The Morgan fingerprint density at radius 2 is 2.25 bits per heavy atom. The molecule has 5 nitrogen and oxygen atoms in total. The highest BCUT2D eigenvalue weighted by Crippen LogP contribution is 2.28. The molecule has 1 aromatic rings. The lowest BCUT2D eigenvalue weighted by molar-refractivity contribution is 0.0602. The Bertz CT molecular complexity index is 490. The first-order valence-electron chi connectivity index (χ1n) is 6.96. The van der Waals surface area contributed by atoms with Crippen LogP contribution < -0.4 is 11.1 Å². The summed E-state index contributed by atoms with van der Waals surface area (Å²) in [6, 6.07) is 6.15. The first kappa shape index (κ1) is 14.7. The van der Waals surface area contributed by atoms with E-state index in [4.69, 9.17) is 10.5 Å². The van der Waals surface area contributed by atoms with Gasteiger partial charge in [-0.1, -0.05) is 6.07 Å². The van der Waals surface area contributed by atoms with E-state index in [0.717, 1.165) is 19.4 Å². The van der Waals surface area contributed by atoms with Gasteiger partial charge in [-0.05, 0) is 38.9 Å². The zero-order valence-corrected chi connectivity index (χ0v) is 12.3. The fourth-order valence-electron chi connectivity index (χ4n) is 2.64. The third-order valence-corrected chi connectivity index (χ3v) is 4.06. The first-order valence-corrected chi connectivity index (χ1v) is 6.96. The third-order valence-electron chi connectivity index (χ3n) is 4.06. The van der Waals surface area contributed by atoms with Crippen molar-refractivity contribution in [2.45, 2.75) is 31.8 Å². The zero-order valence-electron chi connectivity index (χ0n) is 12.3. The first-order chi connectivity index (χ1) is 9.52. The second-order valence-electron chi connectivity index (χ2n) is 5.46. The monoisotopic (exact) mass is 277 g/mol. The number of para-hydroxylation sites is 1. The summed E-state index contributed by atoms with van der Waals surface area (Å²) in [6.45, 7) is 3.25. The van der Waals surface area contributed by atoms with Crippen molar-refractivity contribution in [2.75, 3.05) is 31.8 Å². The number of piperidine rings is 1. The average molecular weight is 277 g/mol. The second kappa shape index (κ2) is 6.13. The molecule has 0 saturated carbocycles. The molecular formula is C15H23N3O2. The maximum Gasteiger partial charge on any atom is 0.340 e. The van der Waals surface area contributed by atoms with Gasteiger partial charge in [0.15, 0.2) is 0 Å². The van der Waals surface area contributed by atoms with Crippen LogP contribution in [-0.2, 0) is 4.74 Å². The van der Waals surface area contributed by atoms with Gasteiger partial charge in [-0.15, -0.1) is 0 Å². The van der Waals surface area contributed by atoms with E-state index in [2.05, 4.69) is 24.2 Å². The van der Waals surface area contributed by atoms with E-state index >= 15 is 0 Å². The SMILES string of the molecule is COC(=O)c1cccc(N)c1NC1CCN(C)C(C)C1. The molecule has 0 aromatic heterocycles. The molecule has 5 heteroatoms. The van der Waals surface area contributed by atoms with Gasteiger partial charge in [0.1, 0.15) is 0 Å². The summed E-state index contributed by atoms with van der Waals surface area (Å²) in [5.74, 6) is -0.360. The van der Waals surface area contributed by atoms with Gasteiger partial charge in [-0.2, -0.15) is 0 Å². The number of nitrogens with zero attached hydrogens (tertiary/aromatic N) is 1. The van der Waals surface area contributed by atoms with E-state index in [-0.39, 0.29) is 5.97 Å². The van der Waals surface area contributed by atoms with Crippen molar-refractivity contribution in [3.05, 3.63) is 23.8 Å². The lowest BCUT2D eigenvalue weighted by Crippen LogP contribution is -2.42. The Labute approximate surface area is 120 Å². The smallest absolute Gasteiger partial charge is 0.340 e. The number of hydrogen-bond acceptors (Lipinski definition) is 5. The number of nitrogens with two attached hydrogens (primary N) is 1. The number of hydrogen-bond donors (Lipinski definition) is 2. The highest BCUT2D eigenvalue weighted by molar-refractivity contribution is 5.98. The topological polar surface area (TPSA) is 67.6 Å². The Morgan fingerprint density at radius 1 is 1.50 bits per heavy atom. The second-order valence-corrected chi connectivity index (χ2v) is 5.46. The maximum atomic E-state index is 11.8. The van der Waals surface area contributed by atoms with Gasteiger partial charge in [0, 0.05) is 18.6 Å². The van der Waals surface area contributed by atoms with Crippen molar-refractivity contribution >= 4 is 17.3 Å². The molecule has 0 amide bonds. The number of methoxy groups -OCH3 is 1. The molecule has 0 spiro atoms. The van der Waals surface area contributed by atoms with Gasteiger partial charge in [-0.25, -0.2) is 4.79 Å². The number of rotatable bonds is 3. The number of likely N-dealkylation sites (tertiary alicyclic amines) is 1. The number of anilines is 2. The van der Waals surface area contributed by atoms with Crippen molar-refractivity contribution in [1.29, 1.82) is 0 Å². The minimum atomic E-state index is -0.360. The number of benzene rings is 1. The van der Waals surface area contributed by atoms with Crippen LogP contribution >= 0.6 is 0 Å². The van der Waals surface area contributed by atoms with Gasteiger partial charge >= 0.3 is 5.97 Å². The highest BCUT2D eigenvalue weighted by atomic mass is 16.5. The van der Waals surface area contributed by atoms with Crippen LogP contribution in [0.4, 0.5) is 11.4 Å². The van der Waals surface area contributed by atoms with E-state index in [1.54, 1.807) is 18.2 Å². The molecule has 2 unspecified atom stereocenters. The van der Waals surface area contributed by atoms with Crippen LogP contribution in [0.25, 0.3) is 0 Å². The van der Waals surface area contributed by atoms with Gasteiger partial charge in [0.2, 0.25) is 0 Å². The molecule has 110 valence electrons. The summed E-state index contributed by atoms with van der Waals surface area (Å²) in [5.41, 5.74) is 7.79. The number of nitrogen functional groups attached to an aromatic ring is 1. The predicted molar refractivity (Wildman–Crippen MR) is 80.9 cm³/mol. The summed E-state index contributed by atoms with van der Waals surface area (Å²) >= 11 is 0. The lowest BCUT2D eigenvalue weighted by atomic mass is 9.98. The summed E-state index contributed by atoms with van der Waals surface area (Å²) in [4.78, 5) is 14.2. The molecule has 2 atom stereocenters. The molecule has 3 N–H and O–H groups in total. The molecule has 0 bridgehead atoms. The molecule has 1 aliphatic heterocycles. The number of carbonyl (C=O) groups excluding carboxylic acids is 1. The molecule has 1 saturated heterocycles. The molecule has 1 fully saturated rings. The minimum absolute atomic E-state index is 0.328.